The number of hydrogen-bond acceptors (Lipinski definition) is 4. The molecule has 0 unspecified atom stereocenters. The second-order valence-electron chi connectivity index (χ2n) is 3.88. The third-order valence-corrected chi connectivity index (χ3v) is 2.46. The second-order valence-corrected chi connectivity index (χ2v) is 3.88. The van der Waals surface area contributed by atoms with Crippen molar-refractivity contribution in [3.63, 3.8) is 0 Å². The fourth-order valence-corrected chi connectivity index (χ4v) is 1.47. The van der Waals surface area contributed by atoms with Crippen LogP contribution in [0.2, 0.25) is 0 Å². The molecule has 1 aromatic carbocycles. The van der Waals surface area contributed by atoms with Crippen molar-refractivity contribution in [2.45, 2.75) is 6.92 Å². The number of nitrogens with one attached hydrogen (secondary N) is 1. The van der Waals surface area contributed by atoms with Crippen LogP contribution in [0.5, 0.6) is 5.75 Å². The Kier molecular flexibility index (Phi) is 3.97. The Hall–Kier alpha value is -2.56. The highest BCUT2D eigenvalue weighted by Gasteiger charge is 2.07. The van der Waals surface area contributed by atoms with Gasteiger partial charge in [0, 0.05) is 0 Å². The maximum absolute atomic E-state index is 11.6. The largest absolute Gasteiger partial charge is 0.497 e. The zero-order valence-electron chi connectivity index (χ0n) is 10.7. The molecule has 0 radical (unpaired) electrons. The van der Waals surface area contributed by atoms with E-state index in [9.17, 15) is 4.79 Å². The second kappa shape index (κ2) is 5.86. The molecule has 1 heterocycles. The fourth-order valence-electron chi connectivity index (χ4n) is 1.47. The van der Waals surface area contributed by atoms with Gasteiger partial charge in [0.1, 0.15) is 11.5 Å². The van der Waals surface area contributed by atoms with Gasteiger partial charge in [0.05, 0.1) is 13.3 Å². The summed E-state index contributed by atoms with van der Waals surface area (Å²) in [5.74, 6) is 1.32. The van der Waals surface area contributed by atoms with Gasteiger partial charge >= 0.3 is 5.91 Å². The lowest BCUT2D eigenvalue weighted by atomic mass is 10.2. The number of hydrazone groups is 1. The van der Waals surface area contributed by atoms with E-state index < -0.39 is 0 Å². The number of furan rings is 1. The van der Waals surface area contributed by atoms with Gasteiger partial charge in [-0.3, -0.25) is 4.79 Å². The van der Waals surface area contributed by atoms with E-state index in [0.717, 1.165) is 11.3 Å². The molecule has 5 nitrogen and oxygen atoms in total. The van der Waals surface area contributed by atoms with Crippen molar-refractivity contribution < 1.29 is 13.9 Å². The van der Waals surface area contributed by atoms with Gasteiger partial charge < -0.3 is 9.15 Å². The van der Waals surface area contributed by atoms with Crippen LogP contribution < -0.4 is 10.2 Å². The number of rotatable bonds is 4. The molecule has 0 aliphatic carbocycles. The van der Waals surface area contributed by atoms with Crippen LogP contribution in [0.15, 0.2) is 45.9 Å². The van der Waals surface area contributed by atoms with Crippen molar-refractivity contribution in [2.24, 2.45) is 5.10 Å². The predicted octanol–water partition coefficient (Wildman–Crippen LogP) is 2.36. The van der Waals surface area contributed by atoms with Gasteiger partial charge in [0.2, 0.25) is 0 Å². The van der Waals surface area contributed by atoms with Crippen LogP contribution in [0.4, 0.5) is 0 Å². The normalized spacial score (nSPS) is 10.6. The smallest absolute Gasteiger partial charge is 0.307 e. The molecule has 0 aliphatic heterocycles. The molecule has 19 heavy (non-hydrogen) atoms. The molecule has 0 spiro atoms. The van der Waals surface area contributed by atoms with Gasteiger partial charge in [-0.25, -0.2) is 5.43 Å². The lowest BCUT2D eigenvalue weighted by Crippen LogP contribution is -2.16. The van der Waals surface area contributed by atoms with E-state index in [1.807, 2.05) is 24.3 Å². The summed E-state index contributed by atoms with van der Waals surface area (Å²) in [5, 5.41) is 3.86. The molecule has 1 aromatic heterocycles. The molecule has 5 heteroatoms. The molecule has 1 amide bonds. The molecule has 0 fully saturated rings. The van der Waals surface area contributed by atoms with Crippen LogP contribution in [0.1, 0.15) is 21.9 Å². The van der Waals surface area contributed by atoms with Crippen LogP contribution in [0.3, 0.4) is 0 Å². The summed E-state index contributed by atoms with van der Waals surface area (Å²) in [7, 11) is 1.61. The zero-order valence-corrected chi connectivity index (χ0v) is 10.7. The molecule has 0 bridgehead atoms. The average Bonchev–Trinajstić information content (AvgIpc) is 2.86. The summed E-state index contributed by atoms with van der Waals surface area (Å²) >= 11 is 0. The van der Waals surface area contributed by atoms with Gasteiger partial charge in [-0.15, -0.1) is 0 Å². The van der Waals surface area contributed by atoms with Crippen LogP contribution in [0.25, 0.3) is 0 Å². The first kappa shape index (κ1) is 12.9. The van der Waals surface area contributed by atoms with Gasteiger partial charge in [0.15, 0.2) is 5.76 Å². The summed E-state index contributed by atoms with van der Waals surface area (Å²) in [6, 6.07) is 10.6. The molecule has 2 aromatic rings. The zero-order chi connectivity index (χ0) is 13.7. The van der Waals surface area contributed by atoms with E-state index in [4.69, 9.17) is 9.15 Å². The molecule has 2 rings (SSSR count). The van der Waals surface area contributed by atoms with Gasteiger partial charge in [-0.05, 0) is 48.9 Å². The quantitative estimate of drug-likeness (QED) is 0.676. The molecule has 98 valence electrons. The highest BCUT2D eigenvalue weighted by atomic mass is 16.5. The molecular weight excluding hydrogens is 244 g/mol. The first-order valence-corrected chi connectivity index (χ1v) is 5.73. The number of carbonyl (C=O) groups excluding carboxylic acids is 1. The average molecular weight is 258 g/mol. The highest BCUT2D eigenvalue weighted by molar-refractivity contribution is 5.92. The number of amides is 1. The maximum atomic E-state index is 11.6. The number of benzene rings is 1. The van der Waals surface area contributed by atoms with Gasteiger partial charge in [-0.2, -0.15) is 5.10 Å². The molecule has 0 saturated heterocycles. The van der Waals surface area contributed by atoms with E-state index >= 15 is 0 Å². The Bertz CT molecular complexity index is 585. The number of hydrogen-bond donors (Lipinski definition) is 1. The van der Waals surface area contributed by atoms with Crippen LogP contribution >= 0.6 is 0 Å². The Labute approximate surface area is 110 Å². The minimum absolute atomic E-state index is 0.240. The minimum Gasteiger partial charge on any atom is -0.497 e. The van der Waals surface area contributed by atoms with Crippen LogP contribution in [-0.2, 0) is 0 Å². The Morgan fingerprint density at radius 2 is 2.00 bits per heavy atom. The van der Waals surface area contributed by atoms with E-state index in [0.29, 0.717) is 5.76 Å². The summed E-state index contributed by atoms with van der Waals surface area (Å²) < 4.78 is 10.2. The topological polar surface area (TPSA) is 63.8 Å². The van der Waals surface area contributed by atoms with Crippen LogP contribution in [0, 0.1) is 6.92 Å². The minimum atomic E-state index is -0.377. The number of aryl methyl sites for hydroxylation is 1. The lowest BCUT2D eigenvalue weighted by molar-refractivity contribution is 0.0926. The van der Waals surface area contributed by atoms with E-state index in [1.165, 1.54) is 0 Å². The molecule has 0 aliphatic rings. The van der Waals surface area contributed by atoms with Gasteiger partial charge in [0.25, 0.3) is 0 Å². The van der Waals surface area contributed by atoms with Crippen molar-refractivity contribution >= 4 is 12.1 Å². The number of methoxy groups -OCH3 is 1. The lowest BCUT2D eigenvalue weighted by Gasteiger charge is -1.99. The maximum Gasteiger partial charge on any atom is 0.307 e. The van der Waals surface area contributed by atoms with E-state index in [-0.39, 0.29) is 11.7 Å². The summed E-state index contributed by atoms with van der Waals surface area (Å²) in [4.78, 5) is 11.6. The molecule has 0 atom stereocenters. The van der Waals surface area contributed by atoms with Crippen molar-refractivity contribution in [3.05, 3.63) is 53.5 Å². The highest BCUT2D eigenvalue weighted by Crippen LogP contribution is 2.09. The molecule has 0 saturated carbocycles. The standard InChI is InChI=1S/C14H14N2O3/c1-10-3-8-13(19-10)14(17)16-15-9-11-4-6-12(18-2)7-5-11/h3-9H,1-2H3,(H,16,17). The Balaban J connectivity index is 1.94. The predicted molar refractivity (Wildman–Crippen MR) is 71.5 cm³/mol. The van der Waals surface area contributed by atoms with Crippen LogP contribution in [-0.4, -0.2) is 19.2 Å². The van der Waals surface area contributed by atoms with E-state index in [2.05, 4.69) is 10.5 Å². The van der Waals surface area contributed by atoms with Crippen molar-refractivity contribution in [2.75, 3.05) is 7.11 Å². The third-order valence-electron chi connectivity index (χ3n) is 2.46. The fraction of sp³-hybridized carbons (Fsp3) is 0.143. The number of nitrogens with zero attached hydrogens (tertiary/aromatic N) is 1. The monoisotopic (exact) mass is 258 g/mol. The first-order valence-electron chi connectivity index (χ1n) is 5.73. The number of ether oxygens (including phenoxy) is 1. The van der Waals surface area contributed by atoms with Crippen molar-refractivity contribution in [1.82, 2.24) is 5.43 Å². The van der Waals surface area contributed by atoms with E-state index in [1.54, 1.807) is 32.4 Å². The summed E-state index contributed by atoms with van der Waals surface area (Å²) in [5.41, 5.74) is 3.25. The molecule has 1 N–H and O–H groups in total. The van der Waals surface area contributed by atoms with Crippen molar-refractivity contribution in [1.29, 1.82) is 0 Å². The number of carbonyl (C=O) groups is 1. The summed E-state index contributed by atoms with van der Waals surface area (Å²) in [6.07, 6.45) is 1.55. The molecular formula is C14H14N2O3. The first-order chi connectivity index (χ1) is 9.19. The SMILES string of the molecule is COc1ccc(C=NNC(=O)c2ccc(C)o2)cc1. The third kappa shape index (κ3) is 3.45. The van der Waals surface area contributed by atoms with Crippen molar-refractivity contribution in [3.8, 4) is 5.75 Å². The Morgan fingerprint density at radius 3 is 2.58 bits per heavy atom. The Morgan fingerprint density at radius 1 is 1.26 bits per heavy atom. The summed E-state index contributed by atoms with van der Waals surface area (Å²) in [6.45, 7) is 1.78. The van der Waals surface area contributed by atoms with Gasteiger partial charge in [-0.1, -0.05) is 0 Å².